The number of ether oxygens (including phenoxy) is 1. The topological polar surface area (TPSA) is 65.0 Å². The van der Waals surface area contributed by atoms with Gasteiger partial charge in [0.1, 0.15) is 11.4 Å². The molecular weight excluding hydrogens is 404 g/mol. The summed E-state index contributed by atoms with van der Waals surface area (Å²) in [5.74, 6) is -0.0974. The van der Waals surface area contributed by atoms with E-state index in [0.717, 1.165) is 36.0 Å². The predicted octanol–water partition coefficient (Wildman–Crippen LogP) is 7.04. The maximum Gasteiger partial charge on any atom is 0.342 e. The molecule has 1 aromatic rings. The monoisotopic (exact) mass is 448 g/mol. The number of esters is 1. The van der Waals surface area contributed by atoms with E-state index in [4.69, 9.17) is 14.5 Å². The zero-order valence-corrected chi connectivity index (χ0v) is 21.6. The van der Waals surface area contributed by atoms with Crippen LogP contribution in [0.4, 0.5) is 0 Å². The van der Waals surface area contributed by atoms with E-state index in [1.54, 1.807) is 0 Å². The van der Waals surface area contributed by atoms with Crippen LogP contribution in [0.3, 0.4) is 0 Å². The normalized spacial score (nSPS) is 19.5. The molecular formula is C27H44O5. The maximum atomic E-state index is 12.9. The minimum absolute atomic E-state index is 0.263. The van der Waals surface area contributed by atoms with Crippen molar-refractivity contribution in [1.82, 2.24) is 0 Å². The standard InChI is InChI=1S/C27H44O5/c1-10-11-12-13-14-15-27(8,9)30-24(29)23-22(31-32-23)18-16-19(25(2,3)4)21(28)20(17-18)26(5,6)7/h16-17,22-23,28H,10-15H2,1-9H3. The molecule has 0 spiro atoms. The Labute approximate surface area is 194 Å². The van der Waals surface area contributed by atoms with Crippen LogP contribution in [-0.4, -0.2) is 22.8 Å². The second-order valence-corrected chi connectivity index (χ2v) is 11.8. The Bertz CT molecular complexity index is 747. The van der Waals surface area contributed by atoms with Crippen LogP contribution in [0.25, 0.3) is 0 Å². The van der Waals surface area contributed by atoms with Crippen LogP contribution in [0, 0.1) is 0 Å². The van der Waals surface area contributed by atoms with Crippen LogP contribution in [0.5, 0.6) is 5.75 Å². The third kappa shape index (κ3) is 6.71. The Morgan fingerprint density at radius 3 is 1.88 bits per heavy atom. The molecule has 0 radical (unpaired) electrons. The van der Waals surface area contributed by atoms with E-state index in [1.165, 1.54) is 19.3 Å². The number of hydrogen-bond donors (Lipinski definition) is 1. The van der Waals surface area contributed by atoms with Gasteiger partial charge in [0.25, 0.3) is 0 Å². The lowest BCUT2D eigenvalue weighted by Gasteiger charge is -2.37. The average molecular weight is 449 g/mol. The molecule has 1 aromatic carbocycles. The van der Waals surface area contributed by atoms with E-state index < -0.39 is 23.8 Å². The lowest BCUT2D eigenvalue weighted by molar-refractivity contribution is -0.460. The SMILES string of the molecule is CCCCCCCC(C)(C)OC(=O)C1OOC1c1cc(C(C)(C)C)c(O)c(C(C)(C)C)c1. The van der Waals surface area contributed by atoms with Crippen LogP contribution in [-0.2, 0) is 30.1 Å². The van der Waals surface area contributed by atoms with E-state index in [9.17, 15) is 9.90 Å². The quantitative estimate of drug-likeness (QED) is 0.249. The largest absolute Gasteiger partial charge is 0.507 e. The first kappa shape index (κ1) is 26.7. The van der Waals surface area contributed by atoms with Crippen LogP contribution in [0.15, 0.2) is 12.1 Å². The van der Waals surface area contributed by atoms with Gasteiger partial charge in [-0.25, -0.2) is 14.6 Å². The van der Waals surface area contributed by atoms with Gasteiger partial charge in [-0.05, 0) is 66.3 Å². The second-order valence-electron chi connectivity index (χ2n) is 11.8. The Morgan fingerprint density at radius 2 is 1.44 bits per heavy atom. The van der Waals surface area contributed by atoms with Crippen molar-refractivity contribution >= 4 is 5.97 Å². The number of phenolic OH excluding ortho intramolecular Hbond substituents is 1. The predicted molar refractivity (Wildman–Crippen MR) is 128 cm³/mol. The molecule has 1 saturated heterocycles. The van der Waals surface area contributed by atoms with Crippen LogP contribution in [0.1, 0.15) is 124 Å². The number of aromatic hydroxyl groups is 1. The molecule has 1 N–H and O–H groups in total. The molecule has 182 valence electrons. The highest BCUT2D eigenvalue weighted by atomic mass is 17.2. The maximum absolute atomic E-state index is 12.9. The molecule has 1 aliphatic heterocycles. The van der Waals surface area contributed by atoms with Gasteiger partial charge in [0.15, 0.2) is 6.10 Å². The number of carbonyl (C=O) groups excluding carboxylic acids is 1. The van der Waals surface area contributed by atoms with Gasteiger partial charge in [0.05, 0.1) is 0 Å². The molecule has 0 bridgehead atoms. The highest BCUT2D eigenvalue weighted by molar-refractivity contribution is 5.77. The molecule has 5 heteroatoms. The Kier molecular flexibility index (Phi) is 8.44. The van der Waals surface area contributed by atoms with E-state index in [-0.39, 0.29) is 10.8 Å². The minimum Gasteiger partial charge on any atom is -0.507 e. The van der Waals surface area contributed by atoms with Crippen molar-refractivity contribution in [2.45, 2.75) is 129 Å². The fourth-order valence-corrected chi connectivity index (χ4v) is 4.06. The first-order chi connectivity index (χ1) is 14.7. The molecule has 5 nitrogen and oxygen atoms in total. The molecule has 0 aromatic heterocycles. The van der Waals surface area contributed by atoms with Crippen molar-refractivity contribution in [3.05, 3.63) is 28.8 Å². The molecule has 0 saturated carbocycles. The highest BCUT2D eigenvalue weighted by Crippen LogP contribution is 2.44. The molecule has 2 rings (SSSR count). The fraction of sp³-hybridized carbons (Fsp3) is 0.741. The third-order valence-electron chi connectivity index (χ3n) is 6.11. The lowest BCUT2D eigenvalue weighted by Crippen LogP contribution is -2.46. The Morgan fingerprint density at radius 1 is 0.906 bits per heavy atom. The number of phenols is 1. The molecule has 2 unspecified atom stereocenters. The van der Waals surface area contributed by atoms with Crippen molar-refractivity contribution in [2.24, 2.45) is 0 Å². The van der Waals surface area contributed by atoms with E-state index >= 15 is 0 Å². The van der Waals surface area contributed by atoms with Crippen molar-refractivity contribution in [1.29, 1.82) is 0 Å². The molecule has 32 heavy (non-hydrogen) atoms. The molecule has 1 fully saturated rings. The summed E-state index contributed by atoms with van der Waals surface area (Å²) in [5.41, 5.74) is 1.41. The molecule has 2 atom stereocenters. The van der Waals surface area contributed by atoms with Gasteiger partial charge in [-0.1, -0.05) is 74.1 Å². The summed E-state index contributed by atoms with van der Waals surface area (Å²) in [6.45, 7) is 18.5. The number of rotatable bonds is 9. The minimum atomic E-state index is -0.806. The summed E-state index contributed by atoms with van der Waals surface area (Å²) in [5, 5.41) is 11.0. The smallest absolute Gasteiger partial charge is 0.342 e. The van der Waals surface area contributed by atoms with Crippen LogP contribution < -0.4 is 0 Å². The van der Waals surface area contributed by atoms with E-state index in [0.29, 0.717) is 5.75 Å². The number of benzene rings is 1. The highest BCUT2D eigenvalue weighted by Gasteiger charge is 2.46. The Balaban J connectivity index is 2.17. The second kappa shape index (κ2) is 10.1. The number of unbranched alkanes of at least 4 members (excludes halogenated alkanes) is 4. The van der Waals surface area contributed by atoms with Gasteiger partial charge in [0, 0.05) is 0 Å². The Hall–Kier alpha value is -1.59. The van der Waals surface area contributed by atoms with Crippen LogP contribution >= 0.6 is 0 Å². The molecule has 0 amide bonds. The van der Waals surface area contributed by atoms with Gasteiger partial charge < -0.3 is 9.84 Å². The summed E-state index contributed by atoms with van der Waals surface area (Å²) < 4.78 is 5.83. The summed E-state index contributed by atoms with van der Waals surface area (Å²) in [4.78, 5) is 23.5. The first-order valence-electron chi connectivity index (χ1n) is 12.1. The van der Waals surface area contributed by atoms with Crippen molar-refractivity contribution in [3.8, 4) is 5.75 Å². The molecule has 1 heterocycles. The van der Waals surface area contributed by atoms with Gasteiger partial charge in [-0.15, -0.1) is 0 Å². The summed E-state index contributed by atoms with van der Waals surface area (Å²) >= 11 is 0. The summed E-state index contributed by atoms with van der Waals surface area (Å²) in [6, 6.07) is 3.85. The summed E-state index contributed by atoms with van der Waals surface area (Å²) in [7, 11) is 0. The van der Waals surface area contributed by atoms with Crippen molar-refractivity contribution in [2.75, 3.05) is 0 Å². The number of carbonyl (C=O) groups is 1. The lowest BCUT2D eigenvalue weighted by atomic mass is 9.77. The number of hydrogen-bond acceptors (Lipinski definition) is 5. The fourth-order valence-electron chi connectivity index (χ4n) is 4.06. The van der Waals surface area contributed by atoms with E-state index in [2.05, 4.69) is 48.5 Å². The zero-order valence-electron chi connectivity index (χ0n) is 21.6. The van der Waals surface area contributed by atoms with Gasteiger partial charge >= 0.3 is 5.97 Å². The summed E-state index contributed by atoms with van der Waals surface area (Å²) in [6.07, 6.45) is 5.33. The third-order valence-corrected chi connectivity index (χ3v) is 6.11. The van der Waals surface area contributed by atoms with E-state index in [1.807, 2.05) is 26.0 Å². The first-order valence-corrected chi connectivity index (χ1v) is 12.1. The van der Waals surface area contributed by atoms with Gasteiger partial charge in [-0.3, -0.25) is 0 Å². The zero-order chi connectivity index (χ0) is 24.3. The van der Waals surface area contributed by atoms with Gasteiger partial charge in [0.2, 0.25) is 6.10 Å². The average Bonchev–Trinajstić information content (AvgIpc) is 2.59. The van der Waals surface area contributed by atoms with Crippen molar-refractivity contribution in [3.63, 3.8) is 0 Å². The molecule has 0 aliphatic carbocycles. The van der Waals surface area contributed by atoms with Gasteiger partial charge in [-0.2, -0.15) is 0 Å². The van der Waals surface area contributed by atoms with Crippen LogP contribution in [0.2, 0.25) is 0 Å². The molecule has 1 aliphatic rings. The van der Waals surface area contributed by atoms with Crippen molar-refractivity contribution < 1.29 is 24.4 Å².